The van der Waals surface area contributed by atoms with Gasteiger partial charge in [-0.15, -0.1) is 0 Å². The predicted molar refractivity (Wildman–Crippen MR) is 58.6 cm³/mol. The van der Waals surface area contributed by atoms with Crippen molar-refractivity contribution >= 4 is 5.90 Å². The summed E-state index contributed by atoms with van der Waals surface area (Å²) in [6.07, 6.45) is -0.356. The molecule has 0 N–H and O–H groups in total. The van der Waals surface area contributed by atoms with Gasteiger partial charge >= 0.3 is 0 Å². The Morgan fingerprint density at radius 1 is 1.40 bits per heavy atom. The Hall–Kier alpha value is -1.61. The molecule has 1 aromatic carbocycles. The maximum atomic E-state index is 5.44. The molecule has 0 aliphatic carbocycles. The lowest BCUT2D eigenvalue weighted by atomic mass is 10.2. The number of ether oxygens (including phenoxy) is 2. The number of nitrogens with zero attached hydrogens (tertiary/aromatic N) is 1. The third-order valence-electron chi connectivity index (χ3n) is 2.08. The van der Waals surface area contributed by atoms with Gasteiger partial charge in [-0.1, -0.05) is 24.8 Å². The maximum absolute atomic E-state index is 5.44. The van der Waals surface area contributed by atoms with Gasteiger partial charge in [-0.3, -0.25) is 0 Å². The minimum Gasteiger partial charge on any atom is -0.439 e. The number of rotatable bonds is 3. The van der Waals surface area contributed by atoms with E-state index in [1.165, 1.54) is 0 Å². The molecule has 1 aromatic rings. The minimum absolute atomic E-state index is 0.356. The molecule has 2 rings (SSSR count). The van der Waals surface area contributed by atoms with Crippen molar-refractivity contribution < 1.29 is 9.47 Å². The van der Waals surface area contributed by atoms with Gasteiger partial charge < -0.3 is 9.47 Å². The Morgan fingerprint density at radius 3 is 2.80 bits per heavy atom. The van der Waals surface area contributed by atoms with E-state index in [1.54, 1.807) is 0 Å². The van der Waals surface area contributed by atoms with Crippen molar-refractivity contribution in [3.05, 3.63) is 48.2 Å². The minimum atomic E-state index is -0.356. The van der Waals surface area contributed by atoms with E-state index in [0.29, 0.717) is 18.3 Å². The highest BCUT2D eigenvalue weighted by atomic mass is 16.6. The van der Waals surface area contributed by atoms with E-state index in [9.17, 15) is 0 Å². The van der Waals surface area contributed by atoms with Gasteiger partial charge in [0.1, 0.15) is 0 Å². The fraction of sp³-hybridized carbons (Fsp3) is 0.250. The smallest absolute Gasteiger partial charge is 0.224 e. The molecule has 1 aliphatic rings. The Bertz CT molecular complexity index is 384. The Balaban J connectivity index is 2.19. The zero-order valence-electron chi connectivity index (χ0n) is 8.64. The molecule has 0 saturated heterocycles. The summed E-state index contributed by atoms with van der Waals surface area (Å²) in [5.74, 6) is 1.13. The molecule has 0 aromatic heterocycles. The van der Waals surface area contributed by atoms with Crippen molar-refractivity contribution in [2.45, 2.75) is 13.2 Å². The Kier molecular flexibility index (Phi) is 2.83. The summed E-state index contributed by atoms with van der Waals surface area (Å²) in [5, 5.41) is 0. The summed E-state index contributed by atoms with van der Waals surface area (Å²) in [6, 6.07) is 9.73. The second-order valence-electron chi connectivity index (χ2n) is 3.18. The lowest BCUT2D eigenvalue weighted by Gasteiger charge is -2.05. The van der Waals surface area contributed by atoms with Crippen LogP contribution in [0.3, 0.4) is 0 Å². The third kappa shape index (κ3) is 2.07. The molecule has 1 unspecified atom stereocenters. The quantitative estimate of drug-likeness (QED) is 0.755. The standard InChI is InChI=1S/C12H13NO2/c1-3-14-11-9(2)15-12(13-11)10-7-5-4-6-8-10/h4-8,11H,2-3H2,1H3. The van der Waals surface area contributed by atoms with Crippen LogP contribution in [0.25, 0.3) is 0 Å². The Labute approximate surface area is 89.0 Å². The predicted octanol–water partition coefficient (Wildman–Crippen LogP) is 2.34. The molecule has 1 atom stereocenters. The van der Waals surface area contributed by atoms with Crippen LogP contribution in [0.2, 0.25) is 0 Å². The summed E-state index contributed by atoms with van der Waals surface area (Å²) >= 11 is 0. The van der Waals surface area contributed by atoms with E-state index in [1.807, 2.05) is 37.3 Å². The molecule has 1 heterocycles. The second-order valence-corrected chi connectivity index (χ2v) is 3.18. The van der Waals surface area contributed by atoms with Gasteiger partial charge in [0, 0.05) is 12.2 Å². The van der Waals surface area contributed by atoms with Gasteiger partial charge in [0.05, 0.1) is 0 Å². The SMILES string of the molecule is C=C1OC(c2ccccc2)=NC1OCC. The second kappa shape index (κ2) is 4.28. The van der Waals surface area contributed by atoms with Crippen molar-refractivity contribution in [1.82, 2.24) is 0 Å². The van der Waals surface area contributed by atoms with Gasteiger partial charge in [-0.2, -0.15) is 0 Å². The van der Waals surface area contributed by atoms with Crippen molar-refractivity contribution in [2.24, 2.45) is 4.99 Å². The molecule has 3 heteroatoms. The van der Waals surface area contributed by atoms with E-state index >= 15 is 0 Å². The van der Waals surface area contributed by atoms with Crippen LogP contribution >= 0.6 is 0 Å². The number of hydrogen-bond donors (Lipinski definition) is 0. The van der Waals surface area contributed by atoms with Gasteiger partial charge in [0.25, 0.3) is 0 Å². The van der Waals surface area contributed by atoms with E-state index in [4.69, 9.17) is 9.47 Å². The van der Waals surface area contributed by atoms with Crippen LogP contribution in [0.15, 0.2) is 47.7 Å². The molecule has 0 bridgehead atoms. The van der Waals surface area contributed by atoms with Crippen LogP contribution in [0, 0.1) is 0 Å². The van der Waals surface area contributed by atoms with Gasteiger partial charge in [-0.25, -0.2) is 4.99 Å². The van der Waals surface area contributed by atoms with Crippen molar-refractivity contribution in [1.29, 1.82) is 0 Å². The van der Waals surface area contributed by atoms with Crippen molar-refractivity contribution in [3.63, 3.8) is 0 Å². The zero-order chi connectivity index (χ0) is 10.7. The molecule has 0 saturated carbocycles. The normalized spacial score (nSPS) is 19.9. The average Bonchev–Trinajstić information content (AvgIpc) is 2.63. The van der Waals surface area contributed by atoms with E-state index in [-0.39, 0.29) is 6.23 Å². The summed E-state index contributed by atoms with van der Waals surface area (Å²) in [5.41, 5.74) is 0.945. The molecule has 78 valence electrons. The van der Waals surface area contributed by atoms with Gasteiger partial charge in [0.2, 0.25) is 12.1 Å². The van der Waals surface area contributed by atoms with Crippen LogP contribution in [0.5, 0.6) is 0 Å². The molecule has 15 heavy (non-hydrogen) atoms. The fourth-order valence-corrected chi connectivity index (χ4v) is 1.38. The van der Waals surface area contributed by atoms with Gasteiger partial charge in [-0.05, 0) is 19.1 Å². The maximum Gasteiger partial charge on any atom is 0.224 e. The van der Waals surface area contributed by atoms with Gasteiger partial charge in [0.15, 0.2) is 5.76 Å². The topological polar surface area (TPSA) is 30.8 Å². The first kappa shape index (κ1) is 9.93. The van der Waals surface area contributed by atoms with E-state index < -0.39 is 0 Å². The highest BCUT2D eigenvalue weighted by Gasteiger charge is 2.24. The van der Waals surface area contributed by atoms with Crippen LogP contribution in [-0.4, -0.2) is 18.7 Å². The lowest BCUT2D eigenvalue weighted by molar-refractivity contribution is 0.0817. The molecular weight excluding hydrogens is 190 g/mol. The number of hydrogen-bond acceptors (Lipinski definition) is 3. The molecule has 0 radical (unpaired) electrons. The molecule has 0 amide bonds. The molecular formula is C12H13NO2. The summed E-state index contributed by atoms with van der Waals surface area (Å²) < 4.78 is 10.8. The van der Waals surface area contributed by atoms with Crippen LogP contribution in [0.4, 0.5) is 0 Å². The lowest BCUT2D eigenvalue weighted by Crippen LogP contribution is -2.08. The first-order chi connectivity index (χ1) is 7.31. The van der Waals surface area contributed by atoms with E-state index in [0.717, 1.165) is 5.56 Å². The van der Waals surface area contributed by atoms with E-state index in [2.05, 4.69) is 11.6 Å². The highest BCUT2D eigenvalue weighted by molar-refractivity contribution is 5.96. The molecule has 1 aliphatic heterocycles. The third-order valence-corrected chi connectivity index (χ3v) is 2.08. The monoisotopic (exact) mass is 203 g/mol. The molecule has 3 nitrogen and oxygen atoms in total. The number of benzene rings is 1. The molecule has 0 fully saturated rings. The average molecular weight is 203 g/mol. The van der Waals surface area contributed by atoms with Crippen LogP contribution < -0.4 is 0 Å². The zero-order valence-corrected chi connectivity index (χ0v) is 8.64. The summed E-state index contributed by atoms with van der Waals surface area (Å²) in [4.78, 5) is 4.30. The Morgan fingerprint density at radius 2 is 2.13 bits per heavy atom. The highest BCUT2D eigenvalue weighted by Crippen LogP contribution is 2.20. The van der Waals surface area contributed by atoms with Crippen molar-refractivity contribution in [3.8, 4) is 0 Å². The number of aliphatic imine (C=N–C) groups is 1. The first-order valence-corrected chi connectivity index (χ1v) is 4.92. The van der Waals surface area contributed by atoms with Crippen molar-refractivity contribution in [2.75, 3.05) is 6.61 Å². The summed E-state index contributed by atoms with van der Waals surface area (Å²) in [7, 11) is 0. The largest absolute Gasteiger partial charge is 0.439 e. The fourth-order valence-electron chi connectivity index (χ4n) is 1.38. The van der Waals surface area contributed by atoms with Crippen LogP contribution in [-0.2, 0) is 9.47 Å². The van der Waals surface area contributed by atoms with Crippen LogP contribution in [0.1, 0.15) is 12.5 Å². The first-order valence-electron chi connectivity index (χ1n) is 4.92. The molecule has 0 spiro atoms. The summed E-state index contributed by atoms with van der Waals surface area (Å²) in [6.45, 7) is 6.28.